The van der Waals surface area contributed by atoms with Gasteiger partial charge in [0.25, 0.3) is 0 Å². The largest absolute Gasteiger partial charge is 0.385 e. The Morgan fingerprint density at radius 3 is 2.75 bits per heavy atom. The van der Waals surface area contributed by atoms with Gasteiger partial charge in [0.2, 0.25) is 0 Å². The van der Waals surface area contributed by atoms with Crippen molar-refractivity contribution in [3.63, 3.8) is 0 Å². The third-order valence-corrected chi connectivity index (χ3v) is 3.35. The molecule has 0 aromatic rings. The minimum absolute atomic E-state index is 0.670. The molecule has 0 aromatic carbocycles. The molecule has 3 nitrogen and oxygen atoms in total. The van der Waals surface area contributed by atoms with Crippen molar-refractivity contribution in [3.05, 3.63) is 0 Å². The molecular formula is C13H27NO2. The van der Waals surface area contributed by atoms with Crippen molar-refractivity contribution < 1.29 is 9.47 Å². The van der Waals surface area contributed by atoms with Crippen LogP contribution >= 0.6 is 0 Å². The lowest BCUT2D eigenvalue weighted by atomic mass is 9.91. The Kier molecular flexibility index (Phi) is 7.81. The van der Waals surface area contributed by atoms with Crippen molar-refractivity contribution >= 4 is 0 Å². The first kappa shape index (κ1) is 13.9. The van der Waals surface area contributed by atoms with Gasteiger partial charge in [0.1, 0.15) is 0 Å². The molecule has 0 amide bonds. The summed E-state index contributed by atoms with van der Waals surface area (Å²) in [6.45, 7) is 6.06. The molecule has 1 rings (SSSR count). The van der Waals surface area contributed by atoms with Crippen LogP contribution in [-0.4, -0.2) is 39.5 Å². The van der Waals surface area contributed by atoms with Crippen LogP contribution in [-0.2, 0) is 9.47 Å². The number of methoxy groups -OCH3 is 1. The molecular weight excluding hydrogens is 202 g/mol. The second kappa shape index (κ2) is 8.97. The zero-order valence-electron chi connectivity index (χ0n) is 10.8. The van der Waals surface area contributed by atoms with E-state index in [-0.39, 0.29) is 0 Å². The zero-order chi connectivity index (χ0) is 11.6. The van der Waals surface area contributed by atoms with Gasteiger partial charge in [-0.2, -0.15) is 0 Å². The molecule has 3 heteroatoms. The fourth-order valence-electron chi connectivity index (χ4n) is 2.45. The predicted molar refractivity (Wildman–Crippen MR) is 66.7 cm³/mol. The van der Waals surface area contributed by atoms with Gasteiger partial charge >= 0.3 is 0 Å². The zero-order valence-corrected chi connectivity index (χ0v) is 10.8. The minimum Gasteiger partial charge on any atom is -0.385 e. The van der Waals surface area contributed by atoms with E-state index >= 15 is 0 Å². The third-order valence-electron chi connectivity index (χ3n) is 3.35. The number of nitrogens with one attached hydrogen (secondary N) is 1. The van der Waals surface area contributed by atoms with Crippen LogP contribution in [0.4, 0.5) is 0 Å². The maximum Gasteiger partial charge on any atom is 0.0468 e. The SMILES string of the molecule is CCNC(CCCOC)CC1CCOCC1. The number of hydrogen-bond donors (Lipinski definition) is 1. The van der Waals surface area contributed by atoms with E-state index in [2.05, 4.69) is 12.2 Å². The van der Waals surface area contributed by atoms with Gasteiger partial charge in [-0.05, 0) is 44.6 Å². The normalized spacial score (nSPS) is 19.9. The Bertz CT molecular complexity index is 158. The summed E-state index contributed by atoms with van der Waals surface area (Å²) in [5.74, 6) is 0.861. The fraction of sp³-hybridized carbons (Fsp3) is 1.00. The van der Waals surface area contributed by atoms with Gasteiger partial charge < -0.3 is 14.8 Å². The molecule has 1 atom stereocenters. The van der Waals surface area contributed by atoms with Crippen molar-refractivity contribution in [1.82, 2.24) is 5.32 Å². The molecule has 0 bridgehead atoms. The highest BCUT2D eigenvalue weighted by Crippen LogP contribution is 2.21. The highest BCUT2D eigenvalue weighted by atomic mass is 16.5. The third kappa shape index (κ3) is 5.83. The Morgan fingerprint density at radius 1 is 1.38 bits per heavy atom. The van der Waals surface area contributed by atoms with Gasteiger partial charge in [0.15, 0.2) is 0 Å². The first-order valence-electron chi connectivity index (χ1n) is 6.66. The van der Waals surface area contributed by atoms with Gasteiger partial charge in [0.05, 0.1) is 0 Å². The molecule has 0 aliphatic carbocycles. The maximum atomic E-state index is 5.40. The molecule has 1 unspecified atom stereocenters. The van der Waals surface area contributed by atoms with Crippen LogP contribution in [0.1, 0.15) is 39.0 Å². The Morgan fingerprint density at radius 2 is 2.12 bits per heavy atom. The molecule has 0 spiro atoms. The van der Waals surface area contributed by atoms with Gasteiger partial charge in [-0.15, -0.1) is 0 Å². The number of rotatable bonds is 8. The van der Waals surface area contributed by atoms with Crippen LogP contribution in [0.3, 0.4) is 0 Å². The highest BCUT2D eigenvalue weighted by molar-refractivity contribution is 4.73. The van der Waals surface area contributed by atoms with Crippen LogP contribution in [0.2, 0.25) is 0 Å². The summed E-state index contributed by atoms with van der Waals surface area (Å²) in [6.07, 6.45) is 6.19. The van der Waals surface area contributed by atoms with Crippen molar-refractivity contribution in [3.8, 4) is 0 Å². The quantitative estimate of drug-likeness (QED) is 0.647. The lowest BCUT2D eigenvalue weighted by Gasteiger charge is -2.27. The Hall–Kier alpha value is -0.120. The lowest BCUT2D eigenvalue weighted by Crippen LogP contribution is -2.32. The topological polar surface area (TPSA) is 30.5 Å². The summed E-state index contributed by atoms with van der Waals surface area (Å²) in [5.41, 5.74) is 0. The first-order valence-corrected chi connectivity index (χ1v) is 6.66. The van der Waals surface area contributed by atoms with E-state index < -0.39 is 0 Å². The van der Waals surface area contributed by atoms with Gasteiger partial charge in [-0.1, -0.05) is 6.92 Å². The molecule has 1 aliphatic rings. The van der Waals surface area contributed by atoms with E-state index in [1.54, 1.807) is 7.11 Å². The average molecular weight is 229 g/mol. The van der Waals surface area contributed by atoms with E-state index in [0.717, 1.165) is 38.7 Å². The molecule has 1 saturated heterocycles. The molecule has 0 radical (unpaired) electrons. The summed E-state index contributed by atoms with van der Waals surface area (Å²) in [6, 6.07) is 0.670. The molecule has 96 valence electrons. The summed E-state index contributed by atoms with van der Waals surface area (Å²) >= 11 is 0. The van der Waals surface area contributed by atoms with Crippen molar-refractivity contribution in [2.75, 3.05) is 33.5 Å². The van der Waals surface area contributed by atoms with E-state index in [1.807, 2.05) is 0 Å². The molecule has 0 aromatic heterocycles. The smallest absolute Gasteiger partial charge is 0.0468 e. The van der Waals surface area contributed by atoms with Crippen molar-refractivity contribution in [2.24, 2.45) is 5.92 Å². The van der Waals surface area contributed by atoms with Crippen LogP contribution in [0.25, 0.3) is 0 Å². The van der Waals surface area contributed by atoms with Crippen molar-refractivity contribution in [1.29, 1.82) is 0 Å². The van der Waals surface area contributed by atoms with Gasteiger partial charge in [0, 0.05) is 33.0 Å². The van der Waals surface area contributed by atoms with Crippen LogP contribution in [0.15, 0.2) is 0 Å². The summed E-state index contributed by atoms with van der Waals surface area (Å²) in [5, 5.41) is 3.59. The second-order valence-corrected chi connectivity index (χ2v) is 4.68. The van der Waals surface area contributed by atoms with Gasteiger partial charge in [-0.25, -0.2) is 0 Å². The average Bonchev–Trinajstić information content (AvgIpc) is 2.31. The van der Waals surface area contributed by atoms with E-state index in [1.165, 1.54) is 25.7 Å². The van der Waals surface area contributed by atoms with Crippen LogP contribution < -0.4 is 5.32 Å². The van der Waals surface area contributed by atoms with Crippen molar-refractivity contribution in [2.45, 2.75) is 45.1 Å². The summed E-state index contributed by atoms with van der Waals surface area (Å²) in [7, 11) is 1.78. The number of hydrogen-bond acceptors (Lipinski definition) is 3. The highest BCUT2D eigenvalue weighted by Gasteiger charge is 2.18. The standard InChI is InChI=1S/C13H27NO2/c1-3-14-13(5-4-8-15-2)11-12-6-9-16-10-7-12/h12-14H,3-11H2,1-2H3. The fourth-order valence-corrected chi connectivity index (χ4v) is 2.45. The molecule has 1 N–H and O–H groups in total. The first-order chi connectivity index (χ1) is 7.86. The number of ether oxygens (including phenoxy) is 2. The minimum atomic E-state index is 0.670. The second-order valence-electron chi connectivity index (χ2n) is 4.68. The summed E-state index contributed by atoms with van der Waals surface area (Å²) < 4.78 is 10.5. The molecule has 1 heterocycles. The van der Waals surface area contributed by atoms with E-state index in [4.69, 9.17) is 9.47 Å². The van der Waals surface area contributed by atoms with Gasteiger partial charge in [-0.3, -0.25) is 0 Å². The van der Waals surface area contributed by atoms with Crippen LogP contribution in [0, 0.1) is 5.92 Å². The van der Waals surface area contributed by atoms with Crippen LogP contribution in [0.5, 0.6) is 0 Å². The predicted octanol–water partition coefficient (Wildman–Crippen LogP) is 2.21. The van der Waals surface area contributed by atoms with E-state index in [9.17, 15) is 0 Å². The monoisotopic (exact) mass is 229 g/mol. The lowest BCUT2D eigenvalue weighted by molar-refractivity contribution is 0.0598. The molecule has 1 aliphatic heterocycles. The molecule has 1 fully saturated rings. The Labute approximate surface area is 99.9 Å². The molecule has 0 saturated carbocycles. The maximum absolute atomic E-state index is 5.40. The van der Waals surface area contributed by atoms with E-state index in [0.29, 0.717) is 6.04 Å². The summed E-state index contributed by atoms with van der Waals surface area (Å²) in [4.78, 5) is 0. The Balaban J connectivity index is 2.19. The molecule has 16 heavy (non-hydrogen) atoms.